The molecule has 1 aliphatic heterocycles. The van der Waals surface area contributed by atoms with E-state index >= 15 is 0 Å². The van der Waals surface area contributed by atoms with E-state index in [4.69, 9.17) is 4.74 Å². The van der Waals surface area contributed by atoms with Crippen molar-refractivity contribution in [1.29, 1.82) is 10.5 Å². The van der Waals surface area contributed by atoms with Crippen LogP contribution in [0.1, 0.15) is 49.4 Å². The number of nitrogens with one attached hydrogen (secondary N) is 1. The van der Waals surface area contributed by atoms with E-state index in [0.29, 0.717) is 17.4 Å². The predicted molar refractivity (Wildman–Crippen MR) is 146 cm³/mol. The second kappa shape index (κ2) is 12.5. The number of carbonyl (C=O) groups excluding carboxylic acids is 3. The normalized spacial score (nSPS) is 16.3. The van der Waals surface area contributed by atoms with E-state index in [0.717, 1.165) is 36.5 Å². The summed E-state index contributed by atoms with van der Waals surface area (Å²) in [5, 5.41) is 22.0. The molecule has 0 spiro atoms. The molecule has 0 saturated carbocycles. The van der Waals surface area contributed by atoms with Crippen LogP contribution in [0.15, 0.2) is 58.6 Å². The topological polar surface area (TPSA) is 161 Å². The van der Waals surface area contributed by atoms with Crippen LogP contribution in [0, 0.1) is 22.7 Å². The number of nitriles is 2. The van der Waals surface area contributed by atoms with Crippen LogP contribution in [0.4, 0.5) is 28.4 Å². The Labute approximate surface area is 245 Å². The third-order valence-corrected chi connectivity index (χ3v) is 7.78. The number of ether oxygens (including phenoxy) is 1. The number of imide groups is 1. The van der Waals surface area contributed by atoms with Crippen LogP contribution in [-0.4, -0.2) is 50.8 Å². The van der Waals surface area contributed by atoms with E-state index in [1.807, 2.05) is 6.07 Å². The van der Waals surface area contributed by atoms with Crippen LogP contribution in [0.25, 0.3) is 0 Å². The van der Waals surface area contributed by atoms with Crippen LogP contribution in [0.3, 0.4) is 0 Å². The van der Waals surface area contributed by atoms with Gasteiger partial charge in [-0.05, 0) is 49.2 Å². The maximum absolute atomic E-state index is 14.1. The third kappa shape index (κ3) is 6.62. The van der Waals surface area contributed by atoms with Crippen molar-refractivity contribution >= 4 is 33.6 Å². The van der Waals surface area contributed by atoms with Crippen molar-refractivity contribution in [3.05, 3.63) is 70.4 Å². The van der Waals surface area contributed by atoms with Gasteiger partial charge < -0.3 is 10.1 Å². The highest BCUT2D eigenvalue weighted by Crippen LogP contribution is 2.42. The van der Waals surface area contributed by atoms with Gasteiger partial charge in [0.15, 0.2) is 9.84 Å². The van der Waals surface area contributed by atoms with Crippen molar-refractivity contribution in [3.8, 4) is 12.1 Å². The minimum absolute atomic E-state index is 0.0687. The lowest BCUT2D eigenvalue weighted by Crippen LogP contribution is -2.57. The number of anilines is 1. The molecule has 2 aromatic carbocycles. The molecule has 0 bridgehead atoms. The van der Waals surface area contributed by atoms with Gasteiger partial charge in [-0.3, -0.25) is 4.90 Å². The van der Waals surface area contributed by atoms with Crippen molar-refractivity contribution in [2.24, 2.45) is 0 Å². The Morgan fingerprint density at radius 2 is 1.81 bits per heavy atom. The smallest absolute Gasteiger partial charge is 0.416 e. The fourth-order valence-corrected chi connectivity index (χ4v) is 5.57. The van der Waals surface area contributed by atoms with E-state index in [-0.39, 0.29) is 34.5 Å². The first-order chi connectivity index (χ1) is 20.1. The SMILES string of the molecule is CCCC(NC(=O)N1C(=O)N(c2cccc(C(F)(F)F)c2)C(C)=C(C#N)C1c1ccc(C#N)cc1S(C)(=O)=O)C(=O)OC. The van der Waals surface area contributed by atoms with Crippen LogP contribution >= 0.6 is 0 Å². The molecule has 2 unspecified atom stereocenters. The summed E-state index contributed by atoms with van der Waals surface area (Å²) in [6.07, 6.45) is -3.49. The number of methoxy groups -OCH3 is 1. The molecule has 1 heterocycles. The average molecular weight is 618 g/mol. The first-order valence-corrected chi connectivity index (χ1v) is 14.5. The molecule has 0 fully saturated rings. The van der Waals surface area contributed by atoms with Gasteiger partial charge in [-0.25, -0.2) is 27.7 Å². The molecular formula is C28H26F3N5O6S. The van der Waals surface area contributed by atoms with Gasteiger partial charge in [0, 0.05) is 12.0 Å². The molecule has 0 radical (unpaired) electrons. The maximum atomic E-state index is 14.1. The minimum atomic E-state index is -4.79. The fourth-order valence-electron chi connectivity index (χ4n) is 4.62. The standard InChI is InChI=1S/C28H26F3N5O6S/c1-5-7-22(25(37)42-3)34-26(38)36-24(20-11-10-17(14-32)12-23(20)43(4,40)41)21(15-33)16(2)35(27(36)39)19-9-6-8-18(13-19)28(29,30)31/h6,8-13,22,24H,5,7H2,1-4H3,(H,34,38). The van der Waals surface area contributed by atoms with Gasteiger partial charge in [0.2, 0.25) is 0 Å². The Balaban J connectivity index is 2.37. The zero-order valence-electron chi connectivity index (χ0n) is 23.4. The third-order valence-electron chi connectivity index (χ3n) is 6.62. The highest BCUT2D eigenvalue weighted by molar-refractivity contribution is 7.90. The molecule has 2 aromatic rings. The van der Waals surface area contributed by atoms with E-state index in [1.165, 1.54) is 25.1 Å². The molecule has 15 heteroatoms. The van der Waals surface area contributed by atoms with E-state index < -0.39 is 56.6 Å². The van der Waals surface area contributed by atoms with Crippen LogP contribution in [0.2, 0.25) is 0 Å². The number of urea groups is 2. The zero-order chi connectivity index (χ0) is 32.3. The highest BCUT2D eigenvalue weighted by atomic mass is 32.2. The summed E-state index contributed by atoms with van der Waals surface area (Å²) in [4.78, 5) is 41.0. The van der Waals surface area contributed by atoms with Gasteiger partial charge in [0.05, 0.1) is 46.5 Å². The molecule has 43 heavy (non-hydrogen) atoms. The number of carbonyl (C=O) groups is 3. The monoisotopic (exact) mass is 617 g/mol. The molecule has 2 atom stereocenters. The van der Waals surface area contributed by atoms with Gasteiger partial charge in [-0.1, -0.05) is 25.5 Å². The lowest BCUT2D eigenvalue weighted by atomic mass is 9.93. The van der Waals surface area contributed by atoms with Crippen molar-refractivity contribution in [2.45, 2.75) is 49.8 Å². The quantitative estimate of drug-likeness (QED) is 0.433. The summed E-state index contributed by atoms with van der Waals surface area (Å²) >= 11 is 0. The Hall–Kier alpha value is -4.89. The summed E-state index contributed by atoms with van der Waals surface area (Å²) in [6, 6.07) is 5.26. The molecule has 0 saturated heterocycles. The number of amides is 4. The highest BCUT2D eigenvalue weighted by Gasteiger charge is 2.46. The lowest BCUT2D eigenvalue weighted by Gasteiger charge is -2.41. The Morgan fingerprint density at radius 3 is 2.35 bits per heavy atom. The Bertz CT molecular complexity index is 1690. The number of hydrogen-bond donors (Lipinski definition) is 1. The number of esters is 1. The van der Waals surface area contributed by atoms with Crippen molar-refractivity contribution in [1.82, 2.24) is 10.2 Å². The van der Waals surface area contributed by atoms with Crippen LogP contribution in [-0.2, 0) is 25.5 Å². The van der Waals surface area contributed by atoms with Gasteiger partial charge in [-0.15, -0.1) is 0 Å². The number of sulfone groups is 1. The largest absolute Gasteiger partial charge is 0.467 e. The molecule has 0 aliphatic carbocycles. The lowest BCUT2D eigenvalue weighted by molar-refractivity contribution is -0.143. The van der Waals surface area contributed by atoms with E-state index in [9.17, 15) is 46.5 Å². The number of allylic oxidation sites excluding steroid dienone is 1. The van der Waals surface area contributed by atoms with Gasteiger partial charge >= 0.3 is 24.2 Å². The van der Waals surface area contributed by atoms with Crippen LogP contribution in [0.5, 0.6) is 0 Å². The summed E-state index contributed by atoms with van der Waals surface area (Å²) in [5.74, 6) is -0.853. The van der Waals surface area contributed by atoms with E-state index in [2.05, 4.69) is 5.32 Å². The Kier molecular flexibility index (Phi) is 9.52. The fraction of sp³-hybridized carbons (Fsp3) is 0.321. The van der Waals surface area contributed by atoms with Crippen molar-refractivity contribution in [3.63, 3.8) is 0 Å². The molecule has 3 rings (SSSR count). The van der Waals surface area contributed by atoms with Crippen LogP contribution < -0.4 is 10.2 Å². The number of hydrogen-bond acceptors (Lipinski definition) is 8. The molecule has 4 amide bonds. The number of nitrogens with zero attached hydrogens (tertiary/aromatic N) is 4. The summed E-state index contributed by atoms with van der Waals surface area (Å²) < 4.78 is 71.0. The first-order valence-electron chi connectivity index (χ1n) is 12.6. The number of benzene rings is 2. The molecule has 1 aliphatic rings. The predicted octanol–water partition coefficient (Wildman–Crippen LogP) is 4.81. The molecule has 226 valence electrons. The zero-order valence-corrected chi connectivity index (χ0v) is 24.2. The number of halogens is 3. The maximum Gasteiger partial charge on any atom is 0.416 e. The molecule has 11 nitrogen and oxygen atoms in total. The minimum Gasteiger partial charge on any atom is -0.467 e. The molecule has 0 aromatic heterocycles. The van der Waals surface area contributed by atoms with Gasteiger partial charge in [0.25, 0.3) is 0 Å². The average Bonchev–Trinajstić information content (AvgIpc) is 2.95. The van der Waals surface area contributed by atoms with Gasteiger partial charge in [0.1, 0.15) is 12.1 Å². The second-order valence-electron chi connectivity index (χ2n) is 9.50. The van der Waals surface area contributed by atoms with Crippen molar-refractivity contribution < 1.29 is 40.7 Å². The second-order valence-corrected chi connectivity index (χ2v) is 11.5. The Morgan fingerprint density at radius 1 is 1.14 bits per heavy atom. The first kappa shape index (κ1) is 32.6. The van der Waals surface area contributed by atoms with Crippen molar-refractivity contribution in [2.75, 3.05) is 18.3 Å². The molecular weight excluding hydrogens is 591 g/mol. The molecule has 1 N–H and O–H groups in total. The summed E-state index contributed by atoms with van der Waals surface area (Å²) in [7, 11) is -3.05. The summed E-state index contributed by atoms with van der Waals surface area (Å²) in [5.41, 5.74) is -2.27. The van der Waals surface area contributed by atoms with Gasteiger partial charge in [-0.2, -0.15) is 23.7 Å². The number of rotatable bonds is 7. The number of alkyl halides is 3. The van der Waals surface area contributed by atoms with E-state index in [1.54, 1.807) is 13.0 Å². The summed E-state index contributed by atoms with van der Waals surface area (Å²) in [6.45, 7) is 2.97.